The molecule has 0 N–H and O–H groups in total. The van der Waals surface area contributed by atoms with Crippen LogP contribution in [0, 0.1) is 0 Å². The zero-order valence-electron chi connectivity index (χ0n) is 5.84. The fourth-order valence-electron chi connectivity index (χ4n) is 0.574. The highest BCUT2D eigenvalue weighted by Gasteiger charge is 1.84. The zero-order valence-corrected chi connectivity index (χ0v) is 5.60. The van der Waals surface area contributed by atoms with Gasteiger partial charge in [0, 0.05) is 5.02 Å². The molecule has 0 aliphatic carbocycles. The summed E-state index contributed by atoms with van der Waals surface area (Å²) in [6, 6.07) is 7.34. The highest BCUT2D eigenvalue weighted by molar-refractivity contribution is 6.30. The number of rotatable bonds is 1. The highest BCUT2D eigenvalue weighted by atomic mass is 35.5. The van der Waals surface area contributed by atoms with E-state index in [0.717, 1.165) is 10.6 Å². The summed E-state index contributed by atoms with van der Waals surface area (Å²) in [6.07, 6.45) is 1.70. The Labute approximate surface area is 61.2 Å². The number of hydrogen-bond donors (Lipinski definition) is 0. The maximum Gasteiger partial charge on any atom is 0.0538 e. The predicted octanol–water partition coefficient (Wildman–Crippen LogP) is 2.98. The van der Waals surface area contributed by atoms with Crippen molar-refractivity contribution in [1.82, 2.24) is 0 Å². The van der Waals surface area contributed by atoms with Gasteiger partial charge in [-0.25, -0.2) is 0 Å². The van der Waals surface area contributed by atoms with Crippen molar-refractivity contribution >= 4 is 17.7 Å². The minimum absolute atomic E-state index is 0.724. The first-order valence-electron chi connectivity index (χ1n) is 3.21. The molecular weight excluding hydrogens is 132 g/mol. The van der Waals surface area contributed by atoms with Crippen LogP contribution in [0.2, 0.25) is 5.02 Å². The fraction of sp³-hybridized carbons (Fsp3) is 0. The molecule has 0 saturated carbocycles. The number of hydrogen-bond acceptors (Lipinski definition) is 0. The molecule has 0 amide bonds. The molecule has 0 heterocycles. The van der Waals surface area contributed by atoms with Gasteiger partial charge >= 0.3 is 0 Å². The molecule has 46 valence electrons. The maximum atomic E-state index is 6.78. The van der Waals surface area contributed by atoms with Crippen molar-refractivity contribution in [3.8, 4) is 0 Å². The second kappa shape index (κ2) is 2.70. The van der Waals surface area contributed by atoms with Crippen molar-refractivity contribution in [3.05, 3.63) is 41.4 Å². The van der Waals surface area contributed by atoms with E-state index in [9.17, 15) is 0 Å². The molecule has 1 heteroatoms. The smallest absolute Gasteiger partial charge is 0.0538 e. The first-order chi connectivity index (χ1) is 4.83. The topological polar surface area (TPSA) is 0 Å². The van der Waals surface area contributed by atoms with Gasteiger partial charge in [-0.3, -0.25) is 0 Å². The molecule has 1 aromatic rings. The fourth-order valence-corrected chi connectivity index (χ4v) is 0.700. The second-order valence-corrected chi connectivity index (χ2v) is 2.15. The first-order valence-corrected chi connectivity index (χ1v) is 3.01. The van der Waals surface area contributed by atoms with Crippen LogP contribution in [0.1, 0.15) is 6.93 Å². The van der Waals surface area contributed by atoms with Gasteiger partial charge in [0.2, 0.25) is 0 Å². The van der Waals surface area contributed by atoms with Crippen LogP contribution in [-0.2, 0) is 0 Å². The summed E-state index contributed by atoms with van der Waals surface area (Å²) >= 11 is 5.64. The van der Waals surface area contributed by atoms with Gasteiger partial charge in [-0.2, -0.15) is 0 Å². The minimum atomic E-state index is 0.724. The molecule has 0 fully saturated rings. The minimum Gasteiger partial charge on any atom is -0.0985 e. The molecule has 0 bridgehead atoms. The molecule has 0 aliphatic rings. The number of halogens is 1. The first kappa shape index (κ1) is 5.07. The molecule has 0 unspecified atom stereocenters. The van der Waals surface area contributed by atoms with Crippen molar-refractivity contribution in [3.63, 3.8) is 0 Å². The molecule has 0 atom stereocenters. The zero-order chi connectivity index (χ0) is 7.40. The summed E-state index contributed by atoms with van der Waals surface area (Å²) in [5.74, 6) is 0. The van der Waals surface area contributed by atoms with Crippen molar-refractivity contribution in [1.29, 1.82) is 0 Å². The van der Waals surface area contributed by atoms with Crippen LogP contribution in [0.25, 0.3) is 6.08 Å². The van der Waals surface area contributed by atoms with Gasteiger partial charge in [0.1, 0.15) is 0 Å². The molecule has 0 saturated heterocycles. The van der Waals surface area contributed by atoms with E-state index >= 15 is 0 Å². The Bertz CT molecular complexity index is 226. The van der Waals surface area contributed by atoms with E-state index in [4.69, 9.17) is 13.0 Å². The van der Waals surface area contributed by atoms with Crippen LogP contribution in [0.5, 0.6) is 0 Å². The lowest BCUT2D eigenvalue weighted by molar-refractivity contribution is 1.66. The van der Waals surface area contributed by atoms with Crippen LogP contribution < -0.4 is 0 Å². The van der Waals surface area contributed by atoms with E-state index in [1.165, 1.54) is 6.55 Å². The summed E-state index contributed by atoms with van der Waals surface area (Å²) in [4.78, 5) is 0. The van der Waals surface area contributed by atoms with E-state index in [1.54, 1.807) is 18.2 Å². The SMILES string of the molecule is [2H]C=Cc1ccc(Cl)cc1. The van der Waals surface area contributed by atoms with Gasteiger partial charge in [-0.15, -0.1) is 0 Å². The lowest BCUT2D eigenvalue weighted by Crippen LogP contribution is -1.67. The van der Waals surface area contributed by atoms with Crippen LogP contribution in [0.3, 0.4) is 0 Å². The molecule has 9 heavy (non-hydrogen) atoms. The summed E-state index contributed by atoms with van der Waals surface area (Å²) < 4.78 is 6.78. The maximum absolute atomic E-state index is 6.78. The predicted molar refractivity (Wildman–Crippen MR) is 41.5 cm³/mol. The van der Waals surface area contributed by atoms with Crippen molar-refractivity contribution in [2.24, 2.45) is 0 Å². The van der Waals surface area contributed by atoms with Gasteiger partial charge in [-0.1, -0.05) is 36.4 Å². The molecule has 0 radical (unpaired) electrons. The van der Waals surface area contributed by atoms with Crippen molar-refractivity contribution in [2.45, 2.75) is 0 Å². The summed E-state index contributed by atoms with van der Waals surface area (Å²) in [7, 11) is 0. The normalized spacial score (nSPS) is 11.9. The lowest BCUT2D eigenvalue weighted by atomic mass is 10.2. The molecule has 1 aromatic carbocycles. The van der Waals surface area contributed by atoms with Crippen molar-refractivity contribution < 1.29 is 1.37 Å². The van der Waals surface area contributed by atoms with Gasteiger partial charge in [-0.05, 0) is 17.7 Å². The van der Waals surface area contributed by atoms with Gasteiger partial charge in [0.05, 0.1) is 1.37 Å². The Balaban J connectivity index is 2.89. The van der Waals surface area contributed by atoms with Crippen LogP contribution in [-0.4, -0.2) is 0 Å². The molecule has 1 rings (SSSR count). The third-order valence-corrected chi connectivity index (χ3v) is 1.31. The standard InChI is InChI=1S/C8H7Cl/c1-2-7-3-5-8(9)6-4-7/h2-6H,1H2/i1D. The second-order valence-electron chi connectivity index (χ2n) is 1.72. The van der Waals surface area contributed by atoms with E-state index in [0.29, 0.717) is 0 Å². The third kappa shape index (κ3) is 1.58. The van der Waals surface area contributed by atoms with Gasteiger partial charge < -0.3 is 0 Å². The Morgan fingerprint density at radius 3 is 2.67 bits per heavy atom. The average molecular weight is 140 g/mol. The Morgan fingerprint density at radius 2 is 2.11 bits per heavy atom. The van der Waals surface area contributed by atoms with E-state index in [1.807, 2.05) is 12.1 Å². The molecular formula is C8H7Cl. The Morgan fingerprint density at radius 1 is 1.44 bits per heavy atom. The van der Waals surface area contributed by atoms with Crippen molar-refractivity contribution in [2.75, 3.05) is 0 Å². The molecule has 0 aromatic heterocycles. The van der Waals surface area contributed by atoms with Gasteiger partial charge in [0.15, 0.2) is 0 Å². The third-order valence-electron chi connectivity index (χ3n) is 1.06. The Hall–Kier alpha value is -0.750. The van der Waals surface area contributed by atoms with E-state index in [-0.39, 0.29) is 0 Å². The largest absolute Gasteiger partial charge is 0.0985 e. The molecule has 0 spiro atoms. The summed E-state index contributed by atoms with van der Waals surface area (Å²) in [5, 5.41) is 0.724. The van der Waals surface area contributed by atoms with Crippen LogP contribution >= 0.6 is 11.6 Å². The molecule has 0 aliphatic heterocycles. The summed E-state index contributed by atoms with van der Waals surface area (Å²) in [6.45, 7) is 1.25. The van der Waals surface area contributed by atoms with E-state index < -0.39 is 0 Å². The van der Waals surface area contributed by atoms with Crippen LogP contribution in [0.4, 0.5) is 0 Å². The molecule has 0 nitrogen and oxygen atoms in total. The average Bonchev–Trinajstić information content (AvgIpc) is 1.95. The monoisotopic (exact) mass is 139 g/mol. The highest BCUT2D eigenvalue weighted by Crippen LogP contribution is 2.09. The Kier molecular flexibility index (Phi) is 1.52. The van der Waals surface area contributed by atoms with Gasteiger partial charge in [0.25, 0.3) is 0 Å². The summed E-state index contributed by atoms with van der Waals surface area (Å²) in [5.41, 5.74) is 0.999. The van der Waals surface area contributed by atoms with E-state index in [2.05, 4.69) is 0 Å². The lowest BCUT2D eigenvalue weighted by Gasteiger charge is -1.89. The quantitative estimate of drug-likeness (QED) is 0.561. The van der Waals surface area contributed by atoms with Crippen LogP contribution in [0.15, 0.2) is 30.8 Å². The number of benzene rings is 1.